The van der Waals surface area contributed by atoms with E-state index in [1.165, 1.54) is 32.1 Å². The molecule has 110 valence electrons. The topological polar surface area (TPSA) is 43.4 Å². The number of fused-ring (bicyclic) bond motifs is 1. The van der Waals surface area contributed by atoms with Crippen LogP contribution in [0.15, 0.2) is 12.1 Å². The van der Waals surface area contributed by atoms with Crippen molar-refractivity contribution in [2.75, 3.05) is 13.2 Å². The zero-order valence-corrected chi connectivity index (χ0v) is 12.2. The Kier molecular flexibility index (Phi) is 4.41. The lowest BCUT2D eigenvalue weighted by Crippen LogP contribution is -2.26. The molecule has 4 heteroatoms. The largest absolute Gasteiger partial charge is 0.476 e. The van der Waals surface area contributed by atoms with Crippen molar-refractivity contribution in [1.82, 2.24) is 10.3 Å². The Bertz CT molecular complexity index is 444. The van der Waals surface area contributed by atoms with E-state index in [0.29, 0.717) is 18.4 Å². The fourth-order valence-corrected chi connectivity index (χ4v) is 3.11. The second-order valence-corrected chi connectivity index (χ2v) is 5.86. The number of nitrogens with one attached hydrogen (secondary N) is 1. The summed E-state index contributed by atoms with van der Waals surface area (Å²) in [5, 5.41) is 3.31. The van der Waals surface area contributed by atoms with E-state index < -0.39 is 0 Å². The molecule has 0 aromatic carbocycles. The maximum atomic E-state index is 6.05. The predicted molar refractivity (Wildman–Crippen MR) is 78.1 cm³/mol. The van der Waals surface area contributed by atoms with Crippen molar-refractivity contribution < 1.29 is 9.47 Å². The summed E-state index contributed by atoms with van der Waals surface area (Å²) in [6, 6.07) is 4.03. The van der Waals surface area contributed by atoms with Crippen LogP contribution in [0.2, 0.25) is 0 Å². The van der Waals surface area contributed by atoms with Gasteiger partial charge in [0.2, 0.25) is 11.8 Å². The number of pyridine rings is 1. The van der Waals surface area contributed by atoms with Crippen molar-refractivity contribution in [3.63, 3.8) is 0 Å². The molecule has 0 bridgehead atoms. The first-order valence-electron chi connectivity index (χ1n) is 7.83. The van der Waals surface area contributed by atoms with Crippen molar-refractivity contribution in [1.29, 1.82) is 0 Å². The molecule has 1 aromatic heterocycles. The molecule has 1 aliphatic heterocycles. The number of hydrogen-bond donors (Lipinski definition) is 1. The van der Waals surface area contributed by atoms with Gasteiger partial charge < -0.3 is 14.8 Å². The highest BCUT2D eigenvalue weighted by molar-refractivity contribution is 5.31. The molecule has 1 aromatic rings. The molecule has 0 radical (unpaired) electrons. The van der Waals surface area contributed by atoms with Gasteiger partial charge in [0.1, 0.15) is 12.7 Å². The van der Waals surface area contributed by atoms with E-state index in [4.69, 9.17) is 9.47 Å². The average molecular weight is 276 g/mol. The number of hydrogen-bond acceptors (Lipinski definition) is 4. The fourth-order valence-electron chi connectivity index (χ4n) is 3.11. The van der Waals surface area contributed by atoms with Crippen LogP contribution in [0.1, 0.15) is 44.6 Å². The molecule has 0 spiro atoms. The van der Waals surface area contributed by atoms with Crippen LogP contribution < -0.4 is 14.8 Å². The summed E-state index contributed by atoms with van der Waals surface area (Å²) in [5.41, 5.74) is 1.11. The molecule has 1 unspecified atom stereocenters. The van der Waals surface area contributed by atoms with Gasteiger partial charge in [0.25, 0.3) is 0 Å². The third-order valence-electron chi connectivity index (χ3n) is 4.37. The van der Waals surface area contributed by atoms with Gasteiger partial charge in [-0.25, -0.2) is 0 Å². The van der Waals surface area contributed by atoms with Crippen LogP contribution in [0.25, 0.3) is 0 Å². The minimum absolute atomic E-state index is 0.241. The zero-order chi connectivity index (χ0) is 13.8. The van der Waals surface area contributed by atoms with Crippen molar-refractivity contribution in [3.8, 4) is 11.8 Å². The summed E-state index contributed by atoms with van der Waals surface area (Å²) in [7, 11) is 0. The number of aromatic nitrogens is 1. The van der Waals surface area contributed by atoms with Gasteiger partial charge in [-0.2, -0.15) is 4.98 Å². The van der Waals surface area contributed by atoms with E-state index in [9.17, 15) is 0 Å². The highest BCUT2D eigenvalue weighted by atomic mass is 16.5. The van der Waals surface area contributed by atoms with E-state index in [1.54, 1.807) is 0 Å². The van der Waals surface area contributed by atoms with Gasteiger partial charge in [-0.3, -0.25) is 0 Å². The van der Waals surface area contributed by atoms with Crippen LogP contribution in [-0.2, 0) is 6.54 Å². The molecule has 1 fully saturated rings. The van der Waals surface area contributed by atoms with E-state index >= 15 is 0 Å². The maximum absolute atomic E-state index is 6.05. The van der Waals surface area contributed by atoms with Crippen molar-refractivity contribution in [3.05, 3.63) is 17.7 Å². The van der Waals surface area contributed by atoms with Gasteiger partial charge in [-0.15, -0.1) is 0 Å². The Labute approximate surface area is 120 Å². The van der Waals surface area contributed by atoms with Crippen molar-refractivity contribution in [2.45, 2.75) is 51.7 Å². The minimum atomic E-state index is 0.241. The fraction of sp³-hybridized carbons (Fsp3) is 0.688. The van der Waals surface area contributed by atoms with Crippen LogP contribution in [0.4, 0.5) is 0 Å². The lowest BCUT2D eigenvalue weighted by atomic mass is 9.86. The lowest BCUT2D eigenvalue weighted by molar-refractivity contribution is 0.117. The second kappa shape index (κ2) is 6.44. The summed E-state index contributed by atoms with van der Waals surface area (Å²) < 4.78 is 11.7. The van der Waals surface area contributed by atoms with Gasteiger partial charge in [0.05, 0.1) is 0 Å². The third-order valence-corrected chi connectivity index (χ3v) is 4.37. The average Bonchev–Trinajstić information content (AvgIpc) is 2.73. The standard InChI is InChI=1S/C16H24N2O2/c1-12(13-5-3-2-4-6-13)20-15-8-7-14-11-17-9-10-19-16(14)18-15/h7-8,12-13,17H,2-6,9-11H2,1H3. The summed E-state index contributed by atoms with van der Waals surface area (Å²) in [5.74, 6) is 2.10. The van der Waals surface area contributed by atoms with E-state index in [-0.39, 0.29) is 6.10 Å². The molecule has 4 nitrogen and oxygen atoms in total. The smallest absolute Gasteiger partial charge is 0.221 e. The Balaban J connectivity index is 1.66. The SMILES string of the molecule is CC(Oc1ccc2c(n1)OCCNC2)C1CCCCC1. The Morgan fingerprint density at radius 3 is 3.00 bits per heavy atom. The molecule has 0 amide bonds. The van der Waals surface area contributed by atoms with Crippen LogP contribution >= 0.6 is 0 Å². The number of rotatable bonds is 3. The highest BCUT2D eigenvalue weighted by Crippen LogP contribution is 2.29. The monoisotopic (exact) mass is 276 g/mol. The molecule has 0 saturated heterocycles. The normalized spacial score (nSPS) is 21.4. The molecule has 1 aliphatic carbocycles. The summed E-state index contributed by atoms with van der Waals surface area (Å²) in [6.45, 7) is 4.53. The number of ether oxygens (including phenoxy) is 2. The van der Waals surface area contributed by atoms with Gasteiger partial charge in [0, 0.05) is 24.7 Å². The minimum Gasteiger partial charge on any atom is -0.476 e. The van der Waals surface area contributed by atoms with Crippen molar-refractivity contribution in [2.24, 2.45) is 5.92 Å². The first-order chi connectivity index (χ1) is 9.83. The summed E-state index contributed by atoms with van der Waals surface area (Å²) >= 11 is 0. The van der Waals surface area contributed by atoms with Crippen molar-refractivity contribution >= 4 is 0 Å². The first kappa shape index (κ1) is 13.7. The molecule has 1 N–H and O–H groups in total. The highest BCUT2D eigenvalue weighted by Gasteiger charge is 2.22. The van der Waals surface area contributed by atoms with Gasteiger partial charge in [-0.05, 0) is 31.7 Å². The molecular formula is C16H24N2O2. The van der Waals surface area contributed by atoms with Gasteiger partial charge in [0.15, 0.2) is 0 Å². The number of nitrogens with zero attached hydrogens (tertiary/aromatic N) is 1. The summed E-state index contributed by atoms with van der Waals surface area (Å²) in [4.78, 5) is 4.52. The first-order valence-corrected chi connectivity index (χ1v) is 7.83. The van der Waals surface area contributed by atoms with Gasteiger partial charge >= 0.3 is 0 Å². The molecule has 2 heterocycles. The summed E-state index contributed by atoms with van der Waals surface area (Å²) in [6.07, 6.45) is 6.86. The maximum Gasteiger partial charge on any atom is 0.221 e. The molecule has 3 rings (SSSR count). The van der Waals surface area contributed by atoms with Crippen LogP contribution in [-0.4, -0.2) is 24.2 Å². The van der Waals surface area contributed by atoms with Crippen LogP contribution in [0.5, 0.6) is 11.8 Å². The third kappa shape index (κ3) is 3.23. The zero-order valence-electron chi connectivity index (χ0n) is 12.2. The van der Waals surface area contributed by atoms with E-state index in [1.807, 2.05) is 6.07 Å². The molecule has 2 aliphatic rings. The quantitative estimate of drug-likeness (QED) is 0.922. The molecule has 1 saturated carbocycles. The Morgan fingerprint density at radius 1 is 1.30 bits per heavy atom. The van der Waals surface area contributed by atoms with Crippen LogP contribution in [0.3, 0.4) is 0 Å². The molecular weight excluding hydrogens is 252 g/mol. The van der Waals surface area contributed by atoms with E-state index in [0.717, 1.165) is 24.5 Å². The Hall–Kier alpha value is -1.29. The lowest BCUT2D eigenvalue weighted by Gasteiger charge is -2.27. The van der Waals surface area contributed by atoms with Crippen LogP contribution in [0, 0.1) is 5.92 Å². The van der Waals surface area contributed by atoms with E-state index in [2.05, 4.69) is 23.3 Å². The molecule has 1 atom stereocenters. The second-order valence-electron chi connectivity index (χ2n) is 5.86. The molecule has 20 heavy (non-hydrogen) atoms. The van der Waals surface area contributed by atoms with Gasteiger partial charge in [-0.1, -0.05) is 19.3 Å². The Morgan fingerprint density at radius 2 is 2.15 bits per heavy atom. The predicted octanol–water partition coefficient (Wildman–Crippen LogP) is 2.91.